The lowest BCUT2D eigenvalue weighted by molar-refractivity contribution is -0.140. The average molecular weight is 643 g/mol. The molecule has 0 aliphatic heterocycles. The van der Waals surface area contributed by atoms with E-state index in [0.29, 0.717) is 17.1 Å². The summed E-state index contributed by atoms with van der Waals surface area (Å²) in [6.45, 7) is 3.40. The van der Waals surface area contributed by atoms with Gasteiger partial charge >= 0.3 is 0 Å². The fourth-order valence-corrected chi connectivity index (χ4v) is 6.22. The summed E-state index contributed by atoms with van der Waals surface area (Å²) < 4.78 is 42.4. The minimum Gasteiger partial charge on any atom is -0.354 e. The molecule has 3 aromatic rings. The Morgan fingerprint density at radius 3 is 2.27 bits per heavy atom. The second-order valence-electron chi connectivity index (χ2n) is 9.25. The van der Waals surface area contributed by atoms with Crippen LogP contribution in [0.3, 0.4) is 0 Å². The summed E-state index contributed by atoms with van der Waals surface area (Å²) in [7, 11) is -4.31. The van der Waals surface area contributed by atoms with E-state index in [2.05, 4.69) is 5.32 Å². The number of hydrogen-bond donors (Lipinski definition) is 1. The fraction of sp³-hybridized carbons (Fsp3) is 0.310. The smallest absolute Gasteiger partial charge is 0.264 e. The van der Waals surface area contributed by atoms with Crippen LogP contribution in [0.15, 0.2) is 71.6 Å². The van der Waals surface area contributed by atoms with Crippen LogP contribution in [0.5, 0.6) is 0 Å². The summed E-state index contributed by atoms with van der Waals surface area (Å²) >= 11 is 18.5. The summed E-state index contributed by atoms with van der Waals surface area (Å²) in [5.41, 5.74) is 0.505. The molecule has 0 aliphatic carbocycles. The van der Waals surface area contributed by atoms with E-state index in [1.807, 2.05) is 6.92 Å². The largest absolute Gasteiger partial charge is 0.354 e. The van der Waals surface area contributed by atoms with Gasteiger partial charge in [0.25, 0.3) is 10.0 Å². The molecule has 3 rings (SSSR count). The zero-order chi connectivity index (χ0) is 30.2. The number of nitrogens with zero attached hydrogens (tertiary/aromatic N) is 2. The highest BCUT2D eigenvalue weighted by molar-refractivity contribution is 7.92. The van der Waals surface area contributed by atoms with Gasteiger partial charge in [0.2, 0.25) is 11.8 Å². The van der Waals surface area contributed by atoms with Crippen molar-refractivity contribution in [2.75, 3.05) is 17.4 Å². The van der Waals surface area contributed by atoms with Crippen LogP contribution < -0.4 is 9.62 Å². The monoisotopic (exact) mass is 641 g/mol. The number of anilines is 1. The molecule has 1 N–H and O–H groups in total. The number of halogens is 4. The molecule has 0 unspecified atom stereocenters. The molecule has 0 spiro atoms. The highest BCUT2D eigenvalue weighted by Gasteiger charge is 2.34. The molecule has 41 heavy (non-hydrogen) atoms. The maximum Gasteiger partial charge on any atom is 0.264 e. The van der Waals surface area contributed by atoms with Gasteiger partial charge in [0, 0.05) is 23.1 Å². The van der Waals surface area contributed by atoms with Gasteiger partial charge in [0.1, 0.15) is 18.4 Å². The number of sulfonamides is 1. The molecule has 0 fully saturated rings. The van der Waals surface area contributed by atoms with Crippen molar-refractivity contribution in [1.82, 2.24) is 10.2 Å². The van der Waals surface area contributed by atoms with Gasteiger partial charge in [-0.05, 0) is 60.9 Å². The van der Waals surface area contributed by atoms with Crippen LogP contribution in [-0.4, -0.2) is 44.3 Å². The molecule has 1 atom stereocenters. The van der Waals surface area contributed by atoms with Crippen molar-refractivity contribution in [2.45, 2.75) is 50.6 Å². The average Bonchev–Trinajstić information content (AvgIpc) is 2.94. The number of carbonyl (C=O) groups is 2. The van der Waals surface area contributed by atoms with Crippen molar-refractivity contribution in [2.24, 2.45) is 0 Å². The van der Waals surface area contributed by atoms with E-state index in [4.69, 9.17) is 34.8 Å². The van der Waals surface area contributed by atoms with Crippen molar-refractivity contribution < 1.29 is 22.4 Å². The highest BCUT2D eigenvalue weighted by Crippen LogP contribution is 2.29. The third-order valence-corrected chi connectivity index (χ3v) is 9.04. The van der Waals surface area contributed by atoms with Crippen LogP contribution in [0, 0.1) is 5.82 Å². The molecule has 2 amide bonds. The van der Waals surface area contributed by atoms with Crippen LogP contribution in [0.4, 0.5) is 10.1 Å². The first-order chi connectivity index (χ1) is 19.5. The Balaban J connectivity index is 2.07. The number of nitrogens with one attached hydrogen (secondary N) is 1. The Morgan fingerprint density at radius 2 is 1.66 bits per heavy atom. The predicted molar refractivity (Wildman–Crippen MR) is 161 cm³/mol. The number of rotatable bonds is 13. The third kappa shape index (κ3) is 8.35. The quantitative estimate of drug-likeness (QED) is 0.210. The number of unbranched alkanes of at least 4 members (excludes halogenated alkanes) is 1. The molecule has 0 saturated heterocycles. The van der Waals surface area contributed by atoms with E-state index in [0.717, 1.165) is 29.3 Å². The summed E-state index contributed by atoms with van der Waals surface area (Å²) in [6.07, 6.45) is 1.88. The van der Waals surface area contributed by atoms with Crippen LogP contribution in [0.2, 0.25) is 15.1 Å². The van der Waals surface area contributed by atoms with Gasteiger partial charge in [-0.1, -0.05) is 79.3 Å². The van der Waals surface area contributed by atoms with E-state index in [-0.39, 0.29) is 39.5 Å². The molecule has 220 valence electrons. The van der Waals surface area contributed by atoms with Crippen molar-refractivity contribution in [3.8, 4) is 0 Å². The van der Waals surface area contributed by atoms with Gasteiger partial charge in [-0.15, -0.1) is 0 Å². The zero-order valence-electron chi connectivity index (χ0n) is 22.6. The van der Waals surface area contributed by atoms with E-state index >= 15 is 0 Å². The zero-order valence-corrected chi connectivity index (χ0v) is 25.7. The van der Waals surface area contributed by atoms with Crippen LogP contribution in [0.1, 0.15) is 38.7 Å². The number of carbonyl (C=O) groups excluding carboxylic acids is 2. The summed E-state index contributed by atoms with van der Waals surface area (Å²) in [5, 5.41) is 3.23. The van der Waals surface area contributed by atoms with E-state index < -0.39 is 34.3 Å². The Hall–Kier alpha value is -2.85. The fourth-order valence-electron chi connectivity index (χ4n) is 4.15. The molecule has 0 aromatic heterocycles. The van der Waals surface area contributed by atoms with Crippen LogP contribution in [0.25, 0.3) is 0 Å². The molecular weight excluding hydrogens is 612 g/mol. The second-order valence-corrected chi connectivity index (χ2v) is 12.4. The summed E-state index contributed by atoms with van der Waals surface area (Å²) in [5.74, 6) is -1.79. The van der Waals surface area contributed by atoms with Gasteiger partial charge in [0.15, 0.2) is 0 Å². The molecule has 12 heteroatoms. The minimum absolute atomic E-state index is 0.0153. The maximum atomic E-state index is 14.0. The van der Waals surface area contributed by atoms with Crippen molar-refractivity contribution >= 4 is 62.3 Å². The van der Waals surface area contributed by atoms with Crippen LogP contribution in [-0.2, 0) is 26.2 Å². The Morgan fingerprint density at radius 1 is 0.951 bits per heavy atom. The molecule has 0 radical (unpaired) electrons. The maximum absolute atomic E-state index is 14.0. The first-order valence-electron chi connectivity index (χ1n) is 13.0. The minimum atomic E-state index is -4.31. The first kappa shape index (κ1) is 32.7. The Labute approximate surface area is 255 Å². The number of amides is 2. The number of benzene rings is 3. The van der Waals surface area contributed by atoms with E-state index in [1.54, 1.807) is 37.3 Å². The van der Waals surface area contributed by atoms with Crippen LogP contribution >= 0.6 is 34.8 Å². The van der Waals surface area contributed by atoms with Crippen molar-refractivity contribution in [3.05, 3.63) is 93.2 Å². The summed E-state index contributed by atoms with van der Waals surface area (Å²) in [6, 6.07) is 14.8. The normalized spacial score (nSPS) is 12.0. The molecule has 0 aliphatic rings. The van der Waals surface area contributed by atoms with Gasteiger partial charge in [-0.2, -0.15) is 0 Å². The van der Waals surface area contributed by atoms with Crippen molar-refractivity contribution in [3.63, 3.8) is 0 Å². The number of hydrogen-bond acceptors (Lipinski definition) is 4. The highest BCUT2D eigenvalue weighted by atomic mass is 35.5. The Bertz CT molecular complexity index is 1480. The van der Waals surface area contributed by atoms with E-state index in [9.17, 15) is 22.4 Å². The third-order valence-electron chi connectivity index (χ3n) is 6.37. The molecule has 7 nitrogen and oxygen atoms in total. The topological polar surface area (TPSA) is 86.8 Å². The van der Waals surface area contributed by atoms with Gasteiger partial charge in [0.05, 0.1) is 15.6 Å². The molecule has 0 bridgehead atoms. The molecule has 3 aromatic carbocycles. The lowest BCUT2D eigenvalue weighted by atomic mass is 10.1. The predicted octanol–water partition coefficient (Wildman–Crippen LogP) is 6.70. The Kier molecular flexibility index (Phi) is 11.8. The molecule has 0 saturated carbocycles. The molecule has 0 heterocycles. The standard InChI is InChI=1S/C29H31Cl3FN3O4S/c1-3-5-15-34-29(38)27(4-2)35(18-20-11-12-21(30)16-24(20)31)28(37)19-36(22-13-14-26(33)25(32)17-22)41(39,40)23-9-7-6-8-10-23/h6-14,16-17,27H,3-5,15,18-19H2,1-2H3,(H,34,38)/t27-/m0/s1. The van der Waals surface area contributed by atoms with Gasteiger partial charge < -0.3 is 10.2 Å². The lowest BCUT2D eigenvalue weighted by Crippen LogP contribution is -2.52. The van der Waals surface area contributed by atoms with Gasteiger partial charge in [-0.25, -0.2) is 12.8 Å². The molecular formula is C29H31Cl3FN3O4S. The first-order valence-corrected chi connectivity index (χ1v) is 15.6. The summed E-state index contributed by atoms with van der Waals surface area (Å²) in [4.78, 5) is 28.5. The lowest BCUT2D eigenvalue weighted by Gasteiger charge is -2.33. The SMILES string of the molecule is CCCCNC(=O)[C@H](CC)N(Cc1ccc(Cl)cc1Cl)C(=O)CN(c1ccc(F)c(Cl)c1)S(=O)(=O)c1ccccc1. The van der Waals surface area contributed by atoms with E-state index in [1.165, 1.54) is 29.2 Å². The van der Waals surface area contributed by atoms with Crippen molar-refractivity contribution in [1.29, 1.82) is 0 Å². The van der Waals surface area contributed by atoms with Gasteiger partial charge in [-0.3, -0.25) is 13.9 Å². The second kappa shape index (κ2) is 14.9.